The number of benzene rings is 1. The lowest BCUT2D eigenvalue weighted by Crippen LogP contribution is -2.33. The van der Waals surface area contributed by atoms with E-state index in [2.05, 4.69) is 0 Å². The van der Waals surface area contributed by atoms with Crippen LogP contribution >= 0.6 is 0 Å². The monoisotopic (exact) mass is 475 g/mol. The molecule has 3 rings (SSSR count). The first-order valence-corrected chi connectivity index (χ1v) is 11.3. The van der Waals surface area contributed by atoms with Gasteiger partial charge in [0.05, 0.1) is 11.3 Å². The van der Waals surface area contributed by atoms with E-state index in [0.29, 0.717) is 11.4 Å². The van der Waals surface area contributed by atoms with Crippen molar-refractivity contribution in [3.8, 4) is 11.8 Å². The first-order valence-electron chi connectivity index (χ1n) is 9.83. The SMILES string of the molecule is Cc1c(/C=C(\C#N)S(=O)(=O)c2cccc[n+]2[O-])cc(C(C)C)n1-c1ccccc1C(F)(F)F. The molecule has 0 aliphatic heterocycles. The van der Waals surface area contributed by atoms with Crippen LogP contribution < -0.4 is 4.73 Å². The quantitative estimate of drug-likeness (QED) is 0.298. The van der Waals surface area contributed by atoms with Gasteiger partial charge in [0.25, 0.3) is 9.84 Å². The molecule has 33 heavy (non-hydrogen) atoms. The number of sulfone groups is 1. The van der Waals surface area contributed by atoms with E-state index in [9.17, 15) is 32.1 Å². The highest BCUT2D eigenvalue weighted by molar-refractivity contribution is 7.95. The number of nitriles is 1. The van der Waals surface area contributed by atoms with Crippen molar-refractivity contribution in [1.82, 2.24) is 4.57 Å². The Morgan fingerprint density at radius 1 is 1.18 bits per heavy atom. The Kier molecular flexibility index (Phi) is 6.38. The van der Waals surface area contributed by atoms with Gasteiger partial charge in [0.1, 0.15) is 6.07 Å². The number of halogens is 3. The van der Waals surface area contributed by atoms with Crippen LogP contribution in [0.3, 0.4) is 0 Å². The maximum Gasteiger partial charge on any atom is 0.418 e. The van der Waals surface area contributed by atoms with Crippen LogP contribution in [0.1, 0.15) is 42.3 Å². The fourth-order valence-corrected chi connectivity index (χ4v) is 4.68. The van der Waals surface area contributed by atoms with Gasteiger partial charge in [0, 0.05) is 23.5 Å². The smallest absolute Gasteiger partial charge is 0.418 e. The molecule has 172 valence electrons. The molecular formula is C23H20F3N3O3S. The zero-order valence-electron chi connectivity index (χ0n) is 18.0. The minimum Gasteiger partial charge on any atom is -0.618 e. The molecule has 0 fully saturated rings. The van der Waals surface area contributed by atoms with Gasteiger partial charge in [-0.3, -0.25) is 0 Å². The van der Waals surface area contributed by atoms with E-state index >= 15 is 0 Å². The Balaban J connectivity index is 2.27. The van der Waals surface area contributed by atoms with Gasteiger partial charge in [0.2, 0.25) is 0 Å². The number of hydrogen-bond acceptors (Lipinski definition) is 4. The van der Waals surface area contributed by atoms with Crippen LogP contribution in [0, 0.1) is 23.5 Å². The average Bonchev–Trinajstić information content (AvgIpc) is 3.07. The molecule has 0 amide bonds. The van der Waals surface area contributed by atoms with Crippen molar-refractivity contribution in [1.29, 1.82) is 5.26 Å². The van der Waals surface area contributed by atoms with E-state index in [0.717, 1.165) is 24.4 Å². The number of nitrogens with zero attached hydrogens (tertiary/aromatic N) is 3. The fourth-order valence-electron chi connectivity index (χ4n) is 3.49. The second-order valence-corrected chi connectivity index (χ2v) is 9.47. The van der Waals surface area contributed by atoms with Crippen LogP contribution in [-0.2, 0) is 16.0 Å². The van der Waals surface area contributed by atoms with Gasteiger partial charge >= 0.3 is 11.2 Å². The zero-order valence-corrected chi connectivity index (χ0v) is 18.8. The van der Waals surface area contributed by atoms with Gasteiger partial charge in [-0.15, -0.1) is 0 Å². The van der Waals surface area contributed by atoms with E-state index in [1.54, 1.807) is 32.9 Å². The van der Waals surface area contributed by atoms with E-state index in [1.807, 2.05) is 0 Å². The topological polar surface area (TPSA) is 89.8 Å². The van der Waals surface area contributed by atoms with Crippen LogP contribution in [0.2, 0.25) is 0 Å². The molecule has 2 aromatic heterocycles. The number of alkyl halides is 3. The summed E-state index contributed by atoms with van der Waals surface area (Å²) in [6.07, 6.45) is -2.53. The Morgan fingerprint density at radius 2 is 1.82 bits per heavy atom. The van der Waals surface area contributed by atoms with Gasteiger partial charge in [-0.1, -0.05) is 26.0 Å². The third-order valence-electron chi connectivity index (χ3n) is 5.11. The second kappa shape index (κ2) is 8.75. The molecular weight excluding hydrogens is 455 g/mol. The normalized spacial score (nSPS) is 12.7. The predicted molar refractivity (Wildman–Crippen MR) is 116 cm³/mol. The minimum atomic E-state index is -4.60. The number of pyridine rings is 1. The summed E-state index contributed by atoms with van der Waals surface area (Å²) < 4.78 is 68.4. The molecule has 0 saturated heterocycles. The van der Waals surface area contributed by atoms with Gasteiger partial charge in [-0.25, -0.2) is 8.42 Å². The lowest BCUT2D eigenvalue weighted by Gasteiger charge is -2.19. The van der Waals surface area contributed by atoms with E-state index in [1.165, 1.54) is 34.9 Å². The van der Waals surface area contributed by atoms with Gasteiger partial charge in [0.15, 0.2) is 11.1 Å². The molecule has 1 aromatic carbocycles. The summed E-state index contributed by atoms with van der Waals surface area (Å²) in [5.74, 6) is -0.216. The highest BCUT2D eigenvalue weighted by atomic mass is 32.2. The number of para-hydroxylation sites is 1. The van der Waals surface area contributed by atoms with Gasteiger partial charge in [-0.05, 0) is 48.7 Å². The number of allylic oxidation sites excluding steroid dienone is 1. The van der Waals surface area contributed by atoms with Gasteiger partial charge in [-0.2, -0.15) is 23.2 Å². The first kappa shape index (κ1) is 24.1. The molecule has 0 saturated carbocycles. The Hall–Kier alpha value is -3.58. The van der Waals surface area contributed by atoms with Crippen molar-refractivity contribution in [3.63, 3.8) is 0 Å². The van der Waals surface area contributed by atoms with Crippen molar-refractivity contribution in [2.24, 2.45) is 0 Å². The maximum absolute atomic E-state index is 13.7. The van der Waals surface area contributed by atoms with Crippen LogP contribution in [0.5, 0.6) is 0 Å². The Bertz CT molecular complexity index is 1380. The summed E-state index contributed by atoms with van der Waals surface area (Å²) in [6, 6.07) is 12.0. The number of aromatic nitrogens is 2. The average molecular weight is 475 g/mol. The molecule has 0 unspecified atom stereocenters. The molecule has 0 spiro atoms. The molecule has 2 heterocycles. The van der Waals surface area contributed by atoms with Crippen LogP contribution in [0.15, 0.2) is 64.7 Å². The fraction of sp³-hybridized carbons (Fsp3) is 0.217. The van der Waals surface area contributed by atoms with Crippen LogP contribution in [-0.4, -0.2) is 13.0 Å². The van der Waals surface area contributed by atoms with Crippen LogP contribution in [0.4, 0.5) is 13.2 Å². The van der Waals surface area contributed by atoms with E-state index < -0.39 is 31.5 Å². The van der Waals surface area contributed by atoms with Gasteiger partial charge < -0.3 is 9.77 Å². The summed E-state index contributed by atoms with van der Waals surface area (Å²) in [5.41, 5.74) is 0.132. The van der Waals surface area contributed by atoms with Crippen molar-refractivity contribution < 1.29 is 26.3 Å². The highest BCUT2D eigenvalue weighted by Crippen LogP contribution is 2.37. The molecule has 0 radical (unpaired) electrons. The molecule has 0 bridgehead atoms. The largest absolute Gasteiger partial charge is 0.618 e. The molecule has 0 N–H and O–H groups in total. The summed E-state index contributed by atoms with van der Waals surface area (Å²) in [4.78, 5) is -0.696. The second-order valence-electron chi connectivity index (χ2n) is 7.60. The number of rotatable bonds is 5. The lowest BCUT2D eigenvalue weighted by molar-refractivity contribution is -0.646. The minimum absolute atomic E-state index is 0.104. The van der Waals surface area contributed by atoms with Crippen molar-refractivity contribution in [2.45, 2.75) is 37.9 Å². The molecule has 10 heteroatoms. The highest BCUT2D eigenvalue weighted by Gasteiger charge is 2.35. The third-order valence-corrected chi connectivity index (χ3v) is 6.76. The zero-order chi connectivity index (χ0) is 24.6. The third kappa shape index (κ3) is 4.50. The van der Waals surface area contributed by atoms with Crippen molar-refractivity contribution in [2.75, 3.05) is 0 Å². The maximum atomic E-state index is 13.7. The Labute approximate surface area is 189 Å². The molecule has 0 aliphatic carbocycles. The van der Waals surface area contributed by atoms with E-state index in [-0.39, 0.29) is 21.9 Å². The molecule has 0 atom stereocenters. The van der Waals surface area contributed by atoms with Crippen LogP contribution in [0.25, 0.3) is 11.8 Å². The predicted octanol–water partition coefficient (Wildman–Crippen LogP) is 4.90. The summed E-state index contributed by atoms with van der Waals surface area (Å²) in [7, 11) is -4.46. The lowest BCUT2D eigenvalue weighted by atomic mass is 10.1. The van der Waals surface area contributed by atoms with Crippen molar-refractivity contribution >= 4 is 15.9 Å². The molecule has 6 nitrogen and oxygen atoms in total. The number of hydrogen-bond donors (Lipinski definition) is 0. The molecule has 0 aliphatic rings. The summed E-state index contributed by atoms with van der Waals surface area (Å²) >= 11 is 0. The standard InChI is InChI=1S/C23H20F3N3O3S/c1-15(2)21-13-17(12-18(14-27)33(31,32)22-10-6-7-11-28(22)30)16(3)29(21)20-9-5-4-8-19(20)23(24,25)26/h4-13,15H,1-3H3/b18-12+. The van der Waals surface area contributed by atoms with E-state index in [4.69, 9.17) is 0 Å². The summed E-state index contributed by atoms with van der Waals surface area (Å²) in [5, 5.41) is 20.9. The molecule has 3 aromatic rings. The van der Waals surface area contributed by atoms with Crippen molar-refractivity contribution in [3.05, 3.63) is 87.4 Å². The first-order chi connectivity index (χ1) is 15.4. The Morgan fingerprint density at radius 3 is 2.39 bits per heavy atom. The summed E-state index contributed by atoms with van der Waals surface area (Å²) in [6.45, 7) is 5.13.